The highest BCUT2D eigenvalue weighted by Crippen LogP contribution is 2.20. The van der Waals surface area contributed by atoms with Crippen LogP contribution in [-0.4, -0.2) is 19.3 Å². The summed E-state index contributed by atoms with van der Waals surface area (Å²) in [5.74, 6) is 0.777. The summed E-state index contributed by atoms with van der Waals surface area (Å²) in [7, 11) is 0. The maximum absolute atomic E-state index is 8.71. The van der Waals surface area contributed by atoms with Crippen molar-refractivity contribution in [2.45, 2.75) is 13.0 Å². The van der Waals surface area contributed by atoms with E-state index in [2.05, 4.69) is 6.07 Å². The van der Waals surface area contributed by atoms with Crippen LogP contribution in [0, 0.1) is 18.3 Å². The van der Waals surface area contributed by atoms with Gasteiger partial charge in [0.05, 0.1) is 18.2 Å². The highest BCUT2D eigenvalue weighted by molar-refractivity contribution is 5.41. The first kappa shape index (κ1) is 9.04. The van der Waals surface area contributed by atoms with Gasteiger partial charge in [0.25, 0.3) is 0 Å². The molecule has 0 bridgehead atoms. The van der Waals surface area contributed by atoms with E-state index in [4.69, 9.17) is 14.7 Å². The van der Waals surface area contributed by atoms with Crippen molar-refractivity contribution in [3.63, 3.8) is 0 Å². The quantitative estimate of drug-likeness (QED) is 0.679. The molecule has 0 unspecified atom stereocenters. The van der Waals surface area contributed by atoms with Crippen molar-refractivity contribution >= 4 is 0 Å². The van der Waals surface area contributed by atoms with E-state index in [0.717, 1.165) is 17.9 Å². The van der Waals surface area contributed by atoms with Crippen molar-refractivity contribution in [1.82, 2.24) is 0 Å². The smallest absolute Gasteiger partial charge is 0.123 e. The molecule has 1 saturated heterocycles. The van der Waals surface area contributed by atoms with Gasteiger partial charge in [0.2, 0.25) is 0 Å². The molecule has 14 heavy (non-hydrogen) atoms. The highest BCUT2D eigenvalue weighted by Gasteiger charge is 2.23. The third-order valence-electron chi connectivity index (χ3n) is 2.14. The van der Waals surface area contributed by atoms with Gasteiger partial charge in [-0.2, -0.15) is 5.26 Å². The second-order valence-electron chi connectivity index (χ2n) is 3.36. The second kappa shape index (κ2) is 3.69. The van der Waals surface area contributed by atoms with E-state index in [1.54, 1.807) is 12.1 Å². The summed E-state index contributed by atoms with van der Waals surface area (Å²) in [4.78, 5) is 0. The first-order chi connectivity index (χ1) is 6.79. The zero-order valence-electron chi connectivity index (χ0n) is 7.99. The van der Waals surface area contributed by atoms with Gasteiger partial charge in [-0.25, -0.2) is 0 Å². The van der Waals surface area contributed by atoms with Crippen molar-refractivity contribution in [2.75, 3.05) is 13.2 Å². The molecule has 0 spiro atoms. The van der Waals surface area contributed by atoms with Gasteiger partial charge in [-0.15, -0.1) is 0 Å². The molecular formula is C11H11NO2. The summed E-state index contributed by atoms with van der Waals surface area (Å²) in [6, 6.07) is 7.53. The molecule has 1 aliphatic heterocycles. The first-order valence-electron chi connectivity index (χ1n) is 4.55. The SMILES string of the molecule is Cc1ccc(C#N)cc1OC[C@H]1CO1. The summed E-state index contributed by atoms with van der Waals surface area (Å²) in [5, 5.41) is 8.71. The molecule has 0 saturated carbocycles. The van der Waals surface area contributed by atoms with Crippen molar-refractivity contribution in [3.05, 3.63) is 29.3 Å². The lowest BCUT2D eigenvalue weighted by molar-refractivity contribution is 0.261. The van der Waals surface area contributed by atoms with Crippen LogP contribution in [0.5, 0.6) is 5.75 Å². The number of hydrogen-bond donors (Lipinski definition) is 0. The minimum absolute atomic E-state index is 0.250. The number of benzene rings is 1. The average molecular weight is 189 g/mol. The molecule has 3 nitrogen and oxygen atoms in total. The van der Waals surface area contributed by atoms with Gasteiger partial charge < -0.3 is 9.47 Å². The maximum atomic E-state index is 8.71. The fourth-order valence-electron chi connectivity index (χ4n) is 1.17. The Morgan fingerprint density at radius 2 is 2.43 bits per heavy atom. The molecule has 1 heterocycles. The molecule has 0 aromatic heterocycles. The van der Waals surface area contributed by atoms with E-state index < -0.39 is 0 Å². The molecule has 1 aromatic rings. The fourth-order valence-corrected chi connectivity index (χ4v) is 1.17. The summed E-state index contributed by atoms with van der Waals surface area (Å²) in [6.07, 6.45) is 0.250. The van der Waals surface area contributed by atoms with E-state index in [9.17, 15) is 0 Å². The number of hydrogen-bond acceptors (Lipinski definition) is 3. The normalized spacial score (nSPS) is 18.7. The van der Waals surface area contributed by atoms with Crippen molar-refractivity contribution < 1.29 is 9.47 Å². The van der Waals surface area contributed by atoms with Gasteiger partial charge in [0.15, 0.2) is 0 Å². The lowest BCUT2D eigenvalue weighted by atomic mass is 10.1. The van der Waals surface area contributed by atoms with Crippen molar-refractivity contribution in [2.24, 2.45) is 0 Å². The van der Waals surface area contributed by atoms with Gasteiger partial charge in [-0.3, -0.25) is 0 Å². The predicted molar refractivity (Wildman–Crippen MR) is 51.1 cm³/mol. The van der Waals surface area contributed by atoms with Gasteiger partial charge in [0.1, 0.15) is 18.5 Å². The molecule has 0 N–H and O–H groups in total. The van der Waals surface area contributed by atoms with Crippen LogP contribution >= 0.6 is 0 Å². The predicted octanol–water partition coefficient (Wildman–Crippen LogP) is 1.64. The Balaban J connectivity index is 2.09. The number of ether oxygens (including phenoxy) is 2. The van der Waals surface area contributed by atoms with Crippen LogP contribution in [-0.2, 0) is 4.74 Å². The Kier molecular flexibility index (Phi) is 2.38. The van der Waals surface area contributed by atoms with Gasteiger partial charge >= 0.3 is 0 Å². The van der Waals surface area contributed by atoms with Crippen LogP contribution in [0.25, 0.3) is 0 Å². The molecule has 72 valence electrons. The summed E-state index contributed by atoms with van der Waals surface area (Å²) >= 11 is 0. The van der Waals surface area contributed by atoms with E-state index in [-0.39, 0.29) is 6.10 Å². The van der Waals surface area contributed by atoms with Crippen LogP contribution in [0.4, 0.5) is 0 Å². The van der Waals surface area contributed by atoms with E-state index in [1.807, 2.05) is 13.0 Å². The molecule has 0 radical (unpaired) electrons. The van der Waals surface area contributed by atoms with E-state index >= 15 is 0 Å². The third kappa shape index (κ3) is 2.04. The van der Waals surface area contributed by atoms with E-state index in [1.165, 1.54) is 0 Å². The van der Waals surface area contributed by atoms with Crippen LogP contribution in [0.15, 0.2) is 18.2 Å². The monoisotopic (exact) mass is 189 g/mol. The molecule has 1 fully saturated rings. The average Bonchev–Trinajstić information content (AvgIpc) is 3.00. The van der Waals surface area contributed by atoms with Crippen LogP contribution in [0.3, 0.4) is 0 Å². The van der Waals surface area contributed by atoms with Gasteiger partial charge in [-0.1, -0.05) is 6.07 Å². The van der Waals surface area contributed by atoms with Crippen LogP contribution < -0.4 is 4.74 Å². The third-order valence-corrected chi connectivity index (χ3v) is 2.14. The number of epoxide rings is 1. The molecule has 2 rings (SSSR count). The molecule has 3 heteroatoms. The lowest BCUT2D eigenvalue weighted by Crippen LogP contribution is -2.05. The van der Waals surface area contributed by atoms with Crippen LogP contribution in [0.2, 0.25) is 0 Å². The van der Waals surface area contributed by atoms with Crippen molar-refractivity contribution in [1.29, 1.82) is 5.26 Å². The van der Waals surface area contributed by atoms with E-state index in [0.29, 0.717) is 12.2 Å². The highest BCUT2D eigenvalue weighted by atomic mass is 16.6. The lowest BCUT2D eigenvalue weighted by Gasteiger charge is -2.07. The Morgan fingerprint density at radius 3 is 3.07 bits per heavy atom. The number of rotatable bonds is 3. The molecule has 0 amide bonds. The minimum Gasteiger partial charge on any atom is -0.490 e. The minimum atomic E-state index is 0.250. The zero-order valence-corrected chi connectivity index (χ0v) is 7.99. The molecule has 1 atom stereocenters. The Morgan fingerprint density at radius 1 is 1.64 bits per heavy atom. The topological polar surface area (TPSA) is 45.5 Å². The summed E-state index contributed by atoms with van der Waals surface area (Å²) < 4.78 is 10.6. The number of aryl methyl sites for hydroxylation is 1. The Labute approximate surface area is 82.9 Å². The largest absolute Gasteiger partial charge is 0.490 e. The zero-order chi connectivity index (χ0) is 9.97. The maximum Gasteiger partial charge on any atom is 0.123 e. The number of nitriles is 1. The Hall–Kier alpha value is -1.53. The van der Waals surface area contributed by atoms with Crippen LogP contribution in [0.1, 0.15) is 11.1 Å². The Bertz CT molecular complexity index is 377. The fraction of sp³-hybridized carbons (Fsp3) is 0.364. The van der Waals surface area contributed by atoms with Gasteiger partial charge in [-0.05, 0) is 24.6 Å². The standard InChI is InChI=1S/C11H11NO2/c1-8-2-3-9(5-12)4-11(8)14-7-10-6-13-10/h2-4,10H,6-7H2,1H3/t10-/m1/s1. The van der Waals surface area contributed by atoms with Crippen molar-refractivity contribution in [3.8, 4) is 11.8 Å². The molecular weight excluding hydrogens is 178 g/mol. The summed E-state index contributed by atoms with van der Waals surface area (Å²) in [6.45, 7) is 3.33. The number of nitrogens with zero attached hydrogens (tertiary/aromatic N) is 1. The molecule has 1 aliphatic rings. The molecule has 0 aliphatic carbocycles. The first-order valence-corrected chi connectivity index (χ1v) is 4.55. The summed E-state index contributed by atoms with van der Waals surface area (Å²) in [5.41, 5.74) is 1.67. The van der Waals surface area contributed by atoms with Gasteiger partial charge in [0, 0.05) is 0 Å². The molecule has 1 aromatic carbocycles. The second-order valence-corrected chi connectivity index (χ2v) is 3.36.